The van der Waals surface area contributed by atoms with Crippen molar-refractivity contribution in [3.05, 3.63) is 35.7 Å². The number of rotatable bonds is 2. The molecule has 0 aliphatic heterocycles. The molecule has 0 atom stereocenters. The zero-order chi connectivity index (χ0) is 12.6. The monoisotopic (exact) mass is 234 g/mol. The van der Waals surface area contributed by atoms with Crippen molar-refractivity contribution >= 4 is 11.5 Å². The first-order chi connectivity index (χ1) is 7.95. The first-order valence-electron chi connectivity index (χ1n) is 5.22. The summed E-state index contributed by atoms with van der Waals surface area (Å²) in [5, 5.41) is 14.2. The molecule has 0 fully saturated rings. The Labute approximate surface area is 98.6 Å². The van der Waals surface area contributed by atoms with E-state index in [2.05, 4.69) is 5.10 Å². The van der Waals surface area contributed by atoms with Gasteiger partial charge in [0.25, 0.3) is 0 Å². The van der Waals surface area contributed by atoms with Gasteiger partial charge in [-0.2, -0.15) is 5.10 Å². The van der Waals surface area contributed by atoms with Crippen LogP contribution in [0.3, 0.4) is 0 Å². The second kappa shape index (κ2) is 3.85. The van der Waals surface area contributed by atoms with Crippen molar-refractivity contribution < 1.29 is 14.6 Å². The van der Waals surface area contributed by atoms with Gasteiger partial charge in [0, 0.05) is 11.8 Å². The van der Waals surface area contributed by atoms with E-state index in [-0.39, 0.29) is 0 Å². The molecule has 17 heavy (non-hydrogen) atoms. The lowest BCUT2D eigenvalue weighted by molar-refractivity contribution is 0.0602. The molecule has 0 aliphatic carbocycles. The van der Waals surface area contributed by atoms with Gasteiger partial charge in [0.2, 0.25) is 0 Å². The van der Waals surface area contributed by atoms with Crippen molar-refractivity contribution in [3.8, 4) is 0 Å². The molecule has 0 aromatic carbocycles. The lowest BCUT2D eigenvalue weighted by atomic mass is 9.97. The number of aliphatic hydroxyl groups is 1. The van der Waals surface area contributed by atoms with Crippen LogP contribution < -0.4 is 0 Å². The zero-order valence-corrected chi connectivity index (χ0v) is 9.97. The summed E-state index contributed by atoms with van der Waals surface area (Å²) in [5.74, 6) is -0.461. The summed E-state index contributed by atoms with van der Waals surface area (Å²) >= 11 is 0. The van der Waals surface area contributed by atoms with Crippen molar-refractivity contribution in [2.45, 2.75) is 19.4 Å². The van der Waals surface area contributed by atoms with Crippen LogP contribution >= 0.6 is 0 Å². The largest absolute Gasteiger partial charge is 0.465 e. The fourth-order valence-corrected chi connectivity index (χ4v) is 1.80. The van der Waals surface area contributed by atoms with Crippen LogP contribution in [0.25, 0.3) is 5.52 Å². The molecular weight excluding hydrogens is 220 g/mol. The zero-order valence-electron chi connectivity index (χ0n) is 9.97. The third kappa shape index (κ3) is 1.89. The van der Waals surface area contributed by atoms with Crippen molar-refractivity contribution in [3.63, 3.8) is 0 Å². The maximum atomic E-state index is 11.6. The highest BCUT2D eigenvalue weighted by atomic mass is 16.5. The van der Waals surface area contributed by atoms with Crippen LogP contribution in [0.5, 0.6) is 0 Å². The van der Waals surface area contributed by atoms with Gasteiger partial charge in [-0.15, -0.1) is 0 Å². The number of pyridine rings is 1. The molecule has 2 rings (SSSR count). The summed E-state index contributed by atoms with van der Waals surface area (Å²) in [6.07, 6.45) is 3.16. The molecule has 2 heterocycles. The number of nitrogens with zero attached hydrogens (tertiary/aromatic N) is 2. The molecule has 2 aromatic heterocycles. The molecule has 2 aromatic rings. The summed E-state index contributed by atoms with van der Waals surface area (Å²) < 4.78 is 6.25. The van der Waals surface area contributed by atoms with E-state index in [1.807, 2.05) is 0 Å². The summed E-state index contributed by atoms with van der Waals surface area (Å²) in [6, 6.07) is 3.54. The normalized spacial score (nSPS) is 11.8. The average Bonchev–Trinajstić information content (AvgIpc) is 2.70. The van der Waals surface area contributed by atoms with Crippen molar-refractivity contribution in [1.82, 2.24) is 9.61 Å². The lowest BCUT2D eigenvalue weighted by Gasteiger charge is -2.19. The minimum atomic E-state index is -1.05. The average molecular weight is 234 g/mol. The van der Waals surface area contributed by atoms with Gasteiger partial charge in [-0.05, 0) is 19.9 Å². The molecule has 0 bridgehead atoms. The van der Waals surface area contributed by atoms with Crippen LogP contribution in [-0.4, -0.2) is 27.8 Å². The molecule has 5 heteroatoms. The Balaban J connectivity index is 2.77. The number of aromatic nitrogens is 2. The Morgan fingerprint density at radius 3 is 2.82 bits per heavy atom. The molecule has 0 aliphatic rings. The second-order valence-corrected chi connectivity index (χ2v) is 4.32. The molecule has 5 nitrogen and oxygen atoms in total. The molecule has 1 N–H and O–H groups in total. The number of hydrogen-bond acceptors (Lipinski definition) is 4. The van der Waals surface area contributed by atoms with Crippen LogP contribution in [0.15, 0.2) is 24.5 Å². The van der Waals surface area contributed by atoms with Crippen LogP contribution in [0.2, 0.25) is 0 Å². The smallest absolute Gasteiger partial charge is 0.341 e. The number of hydrogen-bond donors (Lipinski definition) is 1. The van der Waals surface area contributed by atoms with E-state index in [4.69, 9.17) is 4.74 Å². The quantitative estimate of drug-likeness (QED) is 0.796. The van der Waals surface area contributed by atoms with Crippen LogP contribution in [-0.2, 0) is 10.3 Å². The Hall–Kier alpha value is -1.88. The maximum Gasteiger partial charge on any atom is 0.341 e. The first-order valence-corrected chi connectivity index (χ1v) is 5.22. The van der Waals surface area contributed by atoms with E-state index < -0.39 is 11.6 Å². The number of carbonyl (C=O) groups is 1. The van der Waals surface area contributed by atoms with Gasteiger partial charge in [-0.1, -0.05) is 6.07 Å². The SMILES string of the molecule is COC(=O)c1cnn2cccc(C(C)(C)O)c12. The van der Waals surface area contributed by atoms with Gasteiger partial charge >= 0.3 is 5.97 Å². The van der Waals surface area contributed by atoms with Crippen LogP contribution in [0.4, 0.5) is 0 Å². The predicted molar refractivity (Wildman–Crippen MR) is 61.8 cm³/mol. The Bertz CT molecular complexity index is 567. The summed E-state index contributed by atoms with van der Waals surface area (Å²) in [6.45, 7) is 3.33. The molecule has 0 saturated heterocycles. The van der Waals surface area contributed by atoms with E-state index >= 15 is 0 Å². The number of carbonyl (C=O) groups excluding carboxylic acids is 1. The number of esters is 1. The third-order valence-electron chi connectivity index (χ3n) is 2.61. The highest BCUT2D eigenvalue weighted by Crippen LogP contribution is 2.26. The Kier molecular flexibility index (Phi) is 2.63. The van der Waals surface area contributed by atoms with Crippen molar-refractivity contribution in [2.75, 3.05) is 7.11 Å². The number of ether oxygens (including phenoxy) is 1. The fourth-order valence-electron chi connectivity index (χ4n) is 1.80. The van der Waals surface area contributed by atoms with Gasteiger partial charge in [0.15, 0.2) is 0 Å². The van der Waals surface area contributed by atoms with E-state index in [0.29, 0.717) is 16.6 Å². The third-order valence-corrected chi connectivity index (χ3v) is 2.61. The van der Waals surface area contributed by atoms with Gasteiger partial charge in [0.1, 0.15) is 5.56 Å². The lowest BCUT2D eigenvalue weighted by Crippen LogP contribution is -2.17. The number of fused-ring (bicyclic) bond motifs is 1. The van der Waals surface area contributed by atoms with Crippen molar-refractivity contribution in [1.29, 1.82) is 0 Å². The van der Waals surface area contributed by atoms with E-state index in [9.17, 15) is 9.90 Å². The van der Waals surface area contributed by atoms with Gasteiger partial charge < -0.3 is 9.84 Å². The molecular formula is C12H14N2O3. The summed E-state index contributed by atoms with van der Waals surface area (Å²) in [7, 11) is 1.32. The minimum Gasteiger partial charge on any atom is -0.465 e. The molecule has 0 saturated carbocycles. The highest BCUT2D eigenvalue weighted by molar-refractivity contribution is 5.97. The van der Waals surface area contributed by atoms with E-state index in [0.717, 1.165) is 0 Å². The molecule has 0 amide bonds. The molecule has 90 valence electrons. The van der Waals surface area contributed by atoms with Crippen LogP contribution in [0, 0.1) is 0 Å². The van der Waals surface area contributed by atoms with E-state index in [1.54, 1.807) is 36.7 Å². The fraction of sp³-hybridized carbons (Fsp3) is 0.333. The van der Waals surface area contributed by atoms with Gasteiger partial charge in [-0.25, -0.2) is 9.31 Å². The van der Waals surface area contributed by atoms with Crippen molar-refractivity contribution in [2.24, 2.45) is 0 Å². The topological polar surface area (TPSA) is 63.8 Å². The van der Waals surface area contributed by atoms with Gasteiger partial charge in [0.05, 0.1) is 24.4 Å². The van der Waals surface area contributed by atoms with Crippen LogP contribution in [0.1, 0.15) is 29.8 Å². The summed E-state index contributed by atoms with van der Waals surface area (Å²) in [4.78, 5) is 11.6. The highest BCUT2D eigenvalue weighted by Gasteiger charge is 2.24. The Morgan fingerprint density at radius 1 is 1.53 bits per heavy atom. The number of methoxy groups -OCH3 is 1. The molecule has 0 spiro atoms. The summed E-state index contributed by atoms with van der Waals surface area (Å²) in [5.41, 5.74) is 0.515. The van der Waals surface area contributed by atoms with Gasteiger partial charge in [-0.3, -0.25) is 0 Å². The van der Waals surface area contributed by atoms with E-state index in [1.165, 1.54) is 13.3 Å². The molecule has 0 unspecified atom stereocenters. The first kappa shape index (κ1) is 11.6. The second-order valence-electron chi connectivity index (χ2n) is 4.32. The minimum absolute atomic E-state index is 0.352. The predicted octanol–water partition coefficient (Wildman–Crippen LogP) is 1.35. The Morgan fingerprint density at radius 2 is 2.24 bits per heavy atom. The standard InChI is InChI=1S/C12H14N2O3/c1-12(2,16)9-5-4-6-14-10(9)8(7-13-14)11(15)17-3/h4-7,16H,1-3H3. The molecule has 0 radical (unpaired) electrons. The maximum absolute atomic E-state index is 11.6.